The molecule has 3 heterocycles. The highest BCUT2D eigenvalue weighted by molar-refractivity contribution is 5.92. The van der Waals surface area contributed by atoms with Gasteiger partial charge < -0.3 is 25.5 Å². The Morgan fingerprint density at radius 3 is 2.44 bits per heavy atom. The van der Waals surface area contributed by atoms with Crippen molar-refractivity contribution in [3.63, 3.8) is 0 Å². The summed E-state index contributed by atoms with van der Waals surface area (Å²) in [5.41, 5.74) is 2.31. The molecular formula is C33H37N7O5. The van der Waals surface area contributed by atoms with Crippen molar-refractivity contribution < 1.29 is 24.3 Å². The molecule has 12 nitrogen and oxygen atoms in total. The maximum Gasteiger partial charge on any atom is 0.334 e. The average Bonchev–Trinajstić information content (AvgIpc) is 3.04. The lowest BCUT2D eigenvalue weighted by molar-refractivity contribution is -0.189. The van der Waals surface area contributed by atoms with Crippen LogP contribution in [-0.2, 0) is 27.3 Å². The lowest BCUT2D eigenvalue weighted by Gasteiger charge is -2.55. The molecule has 0 aliphatic carbocycles. The Kier molecular flexibility index (Phi) is 10.1. The molecule has 2 saturated heterocycles. The van der Waals surface area contributed by atoms with Crippen molar-refractivity contribution in [3.8, 4) is 5.75 Å². The van der Waals surface area contributed by atoms with E-state index in [-0.39, 0.29) is 69.0 Å². The first-order chi connectivity index (χ1) is 21.8. The van der Waals surface area contributed by atoms with Crippen molar-refractivity contribution >= 4 is 29.4 Å². The van der Waals surface area contributed by atoms with Crippen molar-refractivity contribution in [1.29, 1.82) is 0 Å². The van der Waals surface area contributed by atoms with Gasteiger partial charge in [-0.2, -0.15) is 0 Å². The molecule has 2 atom stereocenters. The van der Waals surface area contributed by atoms with Crippen molar-refractivity contribution in [1.82, 2.24) is 30.1 Å². The van der Waals surface area contributed by atoms with Gasteiger partial charge in [0.15, 0.2) is 0 Å². The standard InChI is InChI=1S/C33H37N7O5/c1-2-18-38-23-31(43)39-28(20-24-10-12-27(41)13-11-24)32(44)37(19-6-9-29(42)36-26-14-16-34-17-15-26)22-30(39)40(38)33(45)35-21-25-7-4-3-5-8-25/h2-5,7-8,10-17,28,30,41H,1,6,9,18-23H2,(H,35,45)(H,34,36,42)/t28-,30?/m0/s1. The smallest absolute Gasteiger partial charge is 0.334 e. The Bertz CT molecular complexity index is 1500. The van der Waals surface area contributed by atoms with Gasteiger partial charge in [0, 0.05) is 50.6 Å². The molecule has 1 aromatic heterocycles. The zero-order valence-electron chi connectivity index (χ0n) is 24.9. The molecule has 2 aromatic carbocycles. The van der Waals surface area contributed by atoms with E-state index in [1.165, 1.54) is 22.0 Å². The van der Waals surface area contributed by atoms with Gasteiger partial charge in [-0.05, 0) is 41.8 Å². The molecule has 0 radical (unpaired) electrons. The molecule has 0 spiro atoms. The number of pyridine rings is 1. The fourth-order valence-corrected chi connectivity index (χ4v) is 5.70. The second-order valence-corrected chi connectivity index (χ2v) is 11.0. The summed E-state index contributed by atoms with van der Waals surface area (Å²) in [6.07, 6.45) is 4.77. The number of hydrogen-bond acceptors (Lipinski definition) is 7. The number of fused-ring (bicyclic) bond motifs is 1. The first-order valence-corrected chi connectivity index (χ1v) is 14.9. The van der Waals surface area contributed by atoms with E-state index in [1.54, 1.807) is 52.6 Å². The quantitative estimate of drug-likeness (QED) is 0.284. The summed E-state index contributed by atoms with van der Waals surface area (Å²) < 4.78 is 0. The molecule has 45 heavy (non-hydrogen) atoms. The molecule has 5 rings (SSSR count). The van der Waals surface area contributed by atoms with E-state index in [9.17, 15) is 24.3 Å². The van der Waals surface area contributed by atoms with E-state index in [0.29, 0.717) is 12.1 Å². The van der Waals surface area contributed by atoms with Crippen molar-refractivity contribution in [2.45, 2.75) is 38.0 Å². The monoisotopic (exact) mass is 611 g/mol. The third-order valence-electron chi connectivity index (χ3n) is 7.83. The van der Waals surface area contributed by atoms with Crippen LogP contribution >= 0.6 is 0 Å². The molecule has 1 unspecified atom stereocenters. The number of phenols is 1. The highest BCUT2D eigenvalue weighted by Crippen LogP contribution is 2.29. The van der Waals surface area contributed by atoms with E-state index in [0.717, 1.165) is 11.1 Å². The molecule has 3 aromatic rings. The number of hydrogen-bond donors (Lipinski definition) is 3. The number of urea groups is 1. The fourth-order valence-electron chi connectivity index (χ4n) is 5.70. The van der Waals surface area contributed by atoms with Gasteiger partial charge in [0.2, 0.25) is 17.7 Å². The lowest BCUT2D eigenvalue weighted by Crippen LogP contribution is -2.76. The molecule has 12 heteroatoms. The number of nitrogens with one attached hydrogen (secondary N) is 2. The van der Waals surface area contributed by atoms with Crippen LogP contribution in [0.3, 0.4) is 0 Å². The van der Waals surface area contributed by atoms with Crippen LogP contribution in [0.2, 0.25) is 0 Å². The van der Waals surface area contributed by atoms with E-state index < -0.39 is 18.2 Å². The molecule has 0 bridgehead atoms. The normalized spacial score (nSPS) is 18.4. The Balaban J connectivity index is 1.38. The zero-order valence-corrected chi connectivity index (χ0v) is 24.9. The van der Waals surface area contributed by atoms with Gasteiger partial charge in [0.1, 0.15) is 18.0 Å². The van der Waals surface area contributed by atoms with Gasteiger partial charge >= 0.3 is 6.03 Å². The molecule has 0 saturated carbocycles. The largest absolute Gasteiger partial charge is 0.508 e. The summed E-state index contributed by atoms with van der Waals surface area (Å²) in [6.45, 7) is 4.58. The van der Waals surface area contributed by atoms with Crippen LogP contribution in [0.1, 0.15) is 24.0 Å². The van der Waals surface area contributed by atoms with Gasteiger partial charge in [0.05, 0.1) is 13.1 Å². The van der Waals surface area contributed by atoms with Crippen molar-refractivity contribution in [3.05, 3.63) is 103 Å². The summed E-state index contributed by atoms with van der Waals surface area (Å²) in [7, 11) is 0. The van der Waals surface area contributed by atoms with Crippen LogP contribution in [0.5, 0.6) is 5.75 Å². The molecule has 5 amide bonds. The highest BCUT2D eigenvalue weighted by atomic mass is 16.3. The van der Waals surface area contributed by atoms with E-state index in [4.69, 9.17) is 0 Å². The number of hydrazine groups is 1. The third-order valence-corrected chi connectivity index (χ3v) is 7.83. The molecular weight excluding hydrogens is 574 g/mol. The SMILES string of the molecule is C=CCN1CC(=O)N2C(CN(CCCC(=O)Nc3ccncc3)C(=O)[C@@H]2Cc2ccc(O)cc2)N1C(=O)NCc1ccccc1. The number of benzene rings is 2. The second kappa shape index (κ2) is 14.5. The van der Waals surface area contributed by atoms with Gasteiger partial charge in [0.25, 0.3) is 0 Å². The number of carbonyl (C=O) groups excluding carboxylic acids is 4. The summed E-state index contributed by atoms with van der Waals surface area (Å²) in [6, 6.07) is 18.1. The van der Waals surface area contributed by atoms with Gasteiger partial charge in [-0.25, -0.2) is 14.8 Å². The Labute approximate surface area is 261 Å². The van der Waals surface area contributed by atoms with E-state index >= 15 is 0 Å². The van der Waals surface area contributed by atoms with Crippen LogP contribution in [0.15, 0.2) is 91.8 Å². The van der Waals surface area contributed by atoms with Gasteiger partial charge in [-0.15, -0.1) is 6.58 Å². The number of amides is 5. The summed E-state index contributed by atoms with van der Waals surface area (Å²) >= 11 is 0. The molecule has 234 valence electrons. The number of piperazine rings is 1. The Hall–Kier alpha value is -5.23. The summed E-state index contributed by atoms with van der Waals surface area (Å²) in [5.74, 6) is -0.639. The number of anilines is 1. The minimum absolute atomic E-state index is 0.0784. The lowest BCUT2D eigenvalue weighted by atomic mass is 9.98. The van der Waals surface area contributed by atoms with E-state index in [1.807, 2.05) is 30.3 Å². The maximum absolute atomic E-state index is 14.0. The fraction of sp³-hybridized carbons (Fsp3) is 0.303. The predicted octanol–water partition coefficient (Wildman–Crippen LogP) is 2.74. The number of phenolic OH excluding ortho intramolecular Hbond substituents is 1. The minimum atomic E-state index is -0.887. The Morgan fingerprint density at radius 2 is 1.73 bits per heavy atom. The zero-order chi connectivity index (χ0) is 31.8. The topological polar surface area (TPSA) is 138 Å². The maximum atomic E-state index is 14.0. The minimum Gasteiger partial charge on any atom is -0.508 e. The summed E-state index contributed by atoms with van der Waals surface area (Å²) in [5, 5.41) is 18.7. The second-order valence-electron chi connectivity index (χ2n) is 11.0. The number of rotatable bonds is 11. The van der Waals surface area contributed by atoms with Crippen LogP contribution in [0.25, 0.3) is 0 Å². The number of aromatic hydroxyl groups is 1. The predicted molar refractivity (Wildman–Crippen MR) is 167 cm³/mol. The number of carbonyl (C=O) groups is 4. The van der Waals surface area contributed by atoms with Crippen molar-refractivity contribution in [2.24, 2.45) is 0 Å². The van der Waals surface area contributed by atoms with Crippen LogP contribution in [-0.4, -0.2) is 92.0 Å². The van der Waals surface area contributed by atoms with Gasteiger partial charge in [-0.3, -0.25) is 19.4 Å². The number of aromatic nitrogens is 1. The molecule has 2 aliphatic heterocycles. The molecule has 2 fully saturated rings. The summed E-state index contributed by atoms with van der Waals surface area (Å²) in [4.78, 5) is 61.2. The third kappa shape index (κ3) is 7.65. The van der Waals surface area contributed by atoms with Crippen LogP contribution in [0, 0.1) is 0 Å². The number of nitrogens with zero attached hydrogens (tertiary/aromatic N) is 5. The van der Waals surface area contributed by atoms with Crippen LogP contribution < -0.4 is 10.6 Å². The average molecular weight is 612 g/mol. The van der Waals surface area contributed by atoms with E-state index in [2.05, 4.69) is 22.2 Å². The molecule has 2 aliphatic rings. The highest BCUT2D eigenvalue weighted by Gasteiger charge is 2.51. The van der Waals surface area contributed by atoms with Gasteiger partial charge in [-0.1, -0.05) is 48.5 Å². The van der Waals surface area contributed by atoms with Crippen LogP contribution in [0.4, 0.5) is 10.5 Å². The van der Waals surface area contributed by atoms with Crippen molar-refractivity contribution in [2.75, 3.05) is 31.5 Å². The molecule has 3 N–H and O–H groups in total. The first-order valence-electron chi connectivity index (χ1n) is 14.9. The Morgan fingerprint density at radius 1 is 1.00 bits per heavy atom. The first kappa shape index (κ1) is 31.2.